The summed E-state index contributed by atoms with van der Waals surface area (Å²) < 4.78 is 17.1. The molecule has 4 rings (SSSR count). The van der Waals surface area contributed by atoms with Crippen LogP contribution in [-0.4, -0.2) is 49.5 Å². The first-order valence-corrected chi connectivity index (χ1v) is 10.8. The summed E-state index contributed by atoms with van der Waals surface area (Å²) in [4.78, 5) is 27.7. The minimum atomic E-state index is -0.539. The number of fused-ring (bicyclic) bond motifs is 1. The average Bonchev–Trinajstić information content (AvgIpc) is 2.73. The van der Waals surface area contributed by atoms with Crippen LogP contribution in [0.3, 0.4) is 0 Å². The summed E-state index contributed by atoms with van der Waals surface area (Å²) in [5.74, 6) is 2.46. The Balaban J connectivity index is 1.43. The number of hydrogen-bond acceptors (Lipinski definition) is 5. The van der Waals surface area contributed by atoms with Crippen molar-refractivity contribution in [3.05, 3.63) is 17.7 Å². The molecule has 158 valence electrons. The van der Waals surface area contributed by atoms with Gasteiger partial charge in [-0.15, -0.1) is 0 Å². The van der Waals surface area contributed by atoms with Gasteiger partial charge in [0.1, 0.15) is 28.4 Å². The predicted molar refractivity (Wildman–Crippen MR) is 109 cm³/mol. The van der Waals surface area contributed by atoms with E-state index in [1.165, 1.54) is 32.1 Å². The van der Waals surface area contributed by atoms with Gasteiger partial charge in [-0.25, -0.2) is 0 Å². The molecule has 6 heteroatoms. The summed E-state index contributed by atoms with van der Waals surface area (Å²) in [5.41, 5.74) is -0.0435. The molecule has 0 atom stereocenters. The van der Waals surface area contributed by atoms with Crippen molar-refractivity contribution in [3.63, 3.8) is 0 Å². The van der Waals surface area contributed by atoms with Gasteiger partial charge in [0.05, 0.1) is 20.6 Å². The molecule has 2 fully saturated rings. The van der Waals surface area contributed by atoms with Crippen LogP contribution in [0, 0.1) is 5.92 Å². The Morgan fingerprint density at radius 1 is 1.14 bits per heavy atom. The van der Waals surface area contributed by atoms with Crippen molar-refractivity contribution in [1.82, 2.24) is 4.90 Å². The zero-order valence-electron chi connectivity index (χ0n) is 17.5. The number of likely N-dealkylation sites (tertiary alicyclic amines) is 1. The van der Waals surface area contributed by atoms with E-state index in [0.717, 1.165) is 0 Å². The molecule has 1 aliphatic carbocycles. The molecule has 0 radical (unpaired) electrons. The first-order chi connectivity index (χ1) is 14.0. The molecule has 1 spiro atoms. The number of ether oxygens (including phenoxy) is 3. The molecule has 0 aromatic heterocycles. The largest absolute Gasteiger partial charge is 0.496 e. The minimum Gasteiger partial charge on any atom is -0.496 e. The smallest absolute Gasteiger partial charge is 0.222 e. The third-order valence-corrected chi connectivity index (χ3v) is 6.80. The Hall–Kier alpha value is -2.24. The number of amides is 1. The number of benzene rings is 1. The average molecular weight is 402 g/mol. The molecule has 2 heterocycles. The topological polar surface area (TPSA) is 65.1 Å². The van der Waals surface area contributed by atoms with Crippen LogP contribution < -0.4 is 14.2 Å². The van der Waals surface area contributed by atoms with E-state index < -0.39 is 5.60 Å². The number of carbonyl (C=O) groups is 2. The van der Waals surface area contributed by atoms with Gasteiger partial charge in [-0.3, -0.25) is 9.59 Å². The van der Waals surface area contributed by atoms with Gasteiger partial charge in [-0.1, -0.05) is 19.3 Å². The normalized spacial score (nSPS) is 21.4. The molecule has 1 saturated heterocycles. The Morgan fingerprint density at radius 2 is 1.86 bits per heavy atom. The fraction of sp³-hybridized carbons (Fsp3) is 0.652. The molecule has 1 saturated carbocycles. The van der Waals surface area contributed by atoms with Gasteiger partial charge in [-0.2, -0.15) is 0 Å². The molecule has 29 heavy (non-hydrogen) atoms. The second-order valence-electron chi connectivity index (χ2n) is 8.68. The number of methoxy groups -OCH3 is 2. The van der Waals surface area contributed by atoms with E-state index in [4.69, 9.17) is 14.2 Å². The van der Waals surface area contributed by atoms with E-state index in [0.29, 0.717) is 67.5 Å². The van der Waals surface area contributed by atoms with Gasteiger partial charge in [-0.05, 0) is 18.8 Å². The van der Waals surface area contributed by atoms with Gasteiger partial charge in [0.2, 0.25) is 5.91 Å². The second-order valence-corrected chi connectivity index (χ2v) is 8.68. The Labute approximate surface area is 172 Å². The maximum atomic E-state index is 12.9. The monoisotopic (exact) mass is 401 g/mol. The molecule has 6 nitrogen and oxygen atoms in total. The van der Waals surface area contributed by atoms with E-state index in [9.17, 15) is 9.59 Å². The first kappa shape index (κ1) is 20.0. The molecule has 1 amide bonds. The van der Waals surface area contributed by atoms with Crippen LogP contribution in [0.25, 0.3) is 0 Å². The Bertz CT molecular complexity index is 776. The summed E-state index contributed by atoms with van der Waals surface area (Å²) in [6.45, 7) is 1.30. The van der Waals surface area contributed by atoms with Crippen molar-refractivity contribution >= 4 is 11.7 Å². The molecular weight excluding hydrogens is 370 g/mol. The highest BCUT2D eigenvalue weighted by Crippen LogP contribution is 2.44. The highest BCUT2D eigenvalue weighted by atomic mass is 16.5. The van der Waals surface area contributed by atoms with Crippen LogP contribution in [0.5, 0.6) is 17.2 Å². The maximum Gasteiger partial charge on any atom is 0.222 e. The first-order valence-electron chi connectivity index (χ1n) is 10.8. The van der Waals surface area contributed by atoms with Gasteiger partial charge in [0.25, 0.3) is 0 Å². The molecule has 0 unspecified atom stereocenters. The van der Waals surface area contributed by atoms with Crippen LogP contribution in [0.15, 0.2) is 12.1 Å². The highest BCUT2D eigenvalue weighted by Gasteiger charge is 2.45. The number of piperidine rings is 1. The maximum absolute atomic E-state index is 12.9. The molecular formula is C23H31NO5. The molecule has 2 aliphatic heterocycles. The lowest BCUT2D eigenvalue weighted by atomic mass is 9.81. The predicted octanol–water partition coefficient (Wildman–Crippen LogP) is 4.00. The van der Waals surface area contributed by atoms with Crippen molar-refractivity contribution < 1.29 is 23.8 Å². The number of ketones is 1. The Morgan fingerprint density at radius 3 is 2.52 bits per heavy atom. The van der Waals surface area contributed by atoms with Gasteiger partial charge >= 0.3 is 0 Å². The number of rotatable bonds is 4. The zero-order valence-corrected chi connectivity index (χ0v) is 17.5. The number of Topliss-reactive ketones (excluding diaryl/α,β-unsaturated/α-hetero) is 1. The van der Waals surface area contributed by atoms with Crippen molar-refractivity contribution in [1.29, 1.82) is 0 Å². The molecule has 3 aliphatic rings. The van der Waals surface area contributed by atoms with Gasteiger partial charge in [0, 0.05) is 44.5 Å². The van der Waals surface area contributed by atoms with E-state index >= 15 is 0 Å². The van der Waals surface area contributed by atoms with Crippen molar-refractivity contribution in [2.75, 3.05) is 27.3 Å². The highest BCUT2D eigenvalue weighted by molar-refractivity contribution is 6.03. The lowest BCUT2D eigenvalue weighted by molar-refractivity contribution is -0.136. The van der Waals surface area contributed by atoms with Crippen LogP contribution in [0.4, 0.5) is 0 Å². The standard InChI is InChI=1S/C23H31NO5/c1-27-17-13-19(28-2)22-18(25)15-23(29-20(22)14-17)8-10-24(11-9-23)21(26)12-16-6-4-3-5-7-16/h13-14,16H,3-12,15H2,1-2H3. The van der Waals surface area contributed by atoms with E-state index in [1.807, 2.05) is 4.90 Å². The van der Waals surface area contributed by atoms with Crippen LogP contribution >= 0.6 is 0 Å². The van der Waals surface area contributed by atoms with Crippen molar-refractivity contribution in [3.8, 4) is 17.2 Å². The second kappa shape index (κ2) is 8.25. The fourth-order valence-corrected chi connectivity index (χ4v) is 5.06. The number of hydrogen-bond donors (Lipinski definition) is 0. The van der Waals surface area contributed by atoms with Gasteiger partial charge in [0.15, 0.2) is 5.78 Å². The van der Waals surface area contributed by atoms with Crippen LogP contribution in [-0.2, 0) is 4.79 Å². The minimum absolute atomic E-state index is 0.0349. The third-order valence-electron chi connectivity index (χ3n) is 6.80. The molecule has 1 aromatic carbocycles. The number of nitrogens with zero attached hydrogens (tertiary/aromatic N) is 1. The fourth-order valence-electron chi connectivity index (χ4n) is 5.06. The van der Waals surface area contributed by atoms with E-state index in [1.54, 1.807) is 26.4 Å². The lowest BCUT2D eigenvalue weighted by Gasteiger charge is -2.44. The van der Waals surface area contributed by atoms with E-state index in [-0.39, 0.29) is 11.7 Å². The molecule has 1 aromatic rings. The summed E-state index contributed by atoms with van der Waals surface area (Å²) in [6.07, 6.45) is 8.52. The SMILES string of the molecule is COc1cc(OC)c2c(c1)OC1(CCN(C(=O)CC3CCCCC3)CC1)CC2=O. The molecule has 0 N–H and O–H groups in total. The quantitative estimate of drug-likeness (QED) is 0.763. The van der Waals surface area contributed by atoms with Gasteiger partial charge < -0.3 is 19.1 Å². The molecule has 0 bridgehead atoms. The third kappa shape index (κ3) is 4.07. The van der Waals surface area contributed by atoms with Crippen molar-refractivity contribution in [2.24, 2.45) is 5.92 Å². The summed E-state index contributed by atoms with van der Waals surface area (Å²) in [7, 11) is 3.13. The Kier molecular flexibility index (Phi) is 5.70. The van der Waals surface area contributed by atoms with E-state index in [2.05, 4.69) is 0 Å². The summed E-state index contributed by atoms with van der Waals surface area (Å²) >= 11 is 0. The lowest BCUT2D eigenvalue weighted by Crippen LogP contribution is -2.52. The van der Waals surface area contributed by atoms with Crippen LogP contribution in [0.1, 0.15) is 68.1 Å². The summed E-state index contributed by atoms with van der Waals surface area (Å²) in [6, 6.07) is 3.47. The summed E-state index contributed by atoms with van der Waals surface area (Å²) in [5, 5.41) is 0. The van der Waals surface area contributed by atoms with Crippen molar-refractivity contribution in [2.45, 2.75) is 63.4 Å². The zero-order chi connectivity index (χ0) is 20.4. The van der Waals surface area contributed by atoms with Crippen LogP contribution in [0.2, 0.25) is 0 Å². The number of carbonyl (C=O) groups excluding carboxylic acids is 2.